The number of fused-ring (bicyclic) bond motifs is 1. The average Bonchev–Trinajstić information content (AvgIpc) is 3.65. The van der Waals surface area contributed by atoms with Crippen molar-refractivity contribution in [3.63, 3.8) is 0 Å². The predicted molar refractivity (Wildman–Crippen MR) is 139 cm³/mol. The Morgan fingerprint density at radius 1 is 1.11 bits per heavy atom. The van der Waals surface area contributed by atoms with Crippen LogP contribution in [0.25, 0.3) is 11.0 Å². The lowest BCUT2D eigenvalue weighted by Crippen LogP contribution is -2.51. The van der Waals surface area contributed by atoms with Gasteiger partial charge >= 0.3 is 0 Å². The smallest absolute Gasteiger partial charge is 0.247 e. The number of para-hydroxylation sites is 1. The van der Waals surface area contributed by atoms with Gasteiger partial charge in [0.25, 0.3) is 0 Å². The van der Waals surface area contributed by atoms with Crippen LogP contribution in [0.2, 0.25) is 0 Å². The molecule has 0 aliphatic heterocycles. The van der Waals surface area contributed by atoms with Crippen molar-refractivity contribution >= 4 is 22.8 Å². The second-order valence-corrected chi connectivity index (χ2v) is 9.86. The molecule has 1 aromatic heterocycles. The summed E-state index contributed by atoms with van der Waals surface area (Å²) in [6.07, 6.45) is 2.35. The quantitative estimate of drug-likeness (QED) is 0.422. The third-order valence-electron chi connectivity index (χ3n) is 6.81. The summed E-state index contributed by atoms with van der Waals surface area (Å²) in [6, 6.07) is 9.97. The number of nitrogens with one attached hydrogen (secondary N) is 1. The standard InChI is InChI=1S/C27H35N5O5/c1-7-27(2,3)28-26(34)24(17-14-21(35-4)25(37-6)22(15-17)36-5)32(18-12-13-18)23(33)16-31-20-11-9-8-10-19(20)29-30-31/h8-11,14-15,18,24H,7,12-13,16H2,1-6H3,(H,28,34)/t24-/m0/s1. The minimum atomic E-state index is -0.908. The van der Waals surface area contributed by atoms with Crippen molar-refractivity contribution in [2.24, 2.45) is 0 Å². The van der Waals surface area contributed by atoms with Gasteiger partial charge in [0.1, 0.15) is 18.1 Å². The molecule has 0 bridgehead atoms. The summed E-state index contributed by atoms with van der Waals surface area (Å²) in [5.41, 5.74) is 1.57. The molecule has 4 rings (SSSR count). The van der Waals surface area contributed by atoms with Crippen LogP contribution in [0, 0.1) is 0 Å². The molecule has 0 spiro atoms. The van der Waals surface area contributed by atoms with Gasteiger partial charge in [-0.1, -0.05) is 24.3 Å². The number of carbonyl (C=O) groups is 2. The molecule has 1 heterocycles. The van der Waals surface area contributed by atoms with E-state index in [0.717, 1.165) is 24.8 Å². The van der Waals surface area contributed by atoms with Crippen LogP contribution < -0.4 is 19.5 Å². The molecule has 10 nitrogen and oxygen atoms in total. The minimum absolute atomic E-state index is 0.0393. The Kier molecular flexibility index (Phi) is 7.56. The first-order valence-electron chi connectivity index (χ1n) is 12.4. The van der Waals surface area contributed by atoms with Crippen molar-refractivity contribution < 1.29 is 23.8 Å². The van der Waals surface area contributed by atoms with E-state index in [1.54, 1.807) is 21.7 Å². The summed E-state index contributed by atoms with van der Waals surface area (Å²) in [6.45, 7) is 5.89. The van der Waals surface area contributed by atoms with E-state index in [0.29, 0.717) is 28.3 Å². The lowest BCUT2D eigenvalue weighted by molar-refractivity contribution is -0.143. The first-order chi connectivity index (χ1) is 17.7. The Bertz CT molecular complexity index is 1260. The second-order valence-electron chi connectivity index (χ2n) is 9.86. The van der Waals surface area contributed by atoms with Crippen molar-refractivity contribution in [3.05, 3.63) is 42.0 Å². The summed E-state index contributed by atoms with van der Waals surface area (Å²) >= 11 is 0. The topological polar surface area (TPSA) is 108 Å². The maximum absolute atomic E-state index is 13.9. The summed E-state index contributed by atoms with van der Waals surface area (Å²) in [5, 5.41) is 11.5. The Hall–Kier alpha value is -3.82. The van der Waals surface area contributed by atoms with Gasteiger partial charge in [-0.2, -0.15) is 0 Å². The molecule has 1 fully saturated rings. The number of benzene rings is 2. The fourth-order valence-corrected chi connectivity index (χ4v) is 4.34. The van der Waals surface area contributed by atoms with Crippen molar-refractivity contribution in [1.29, 1.82) is 0 Å². The van der Waals surface area contributed by atoms with Gasteiger partial charge in [-0.3, -0.25) is 9.59 Å². The van der Waals surface area contributed by atoms with Gasteiger partial charge < -0.3 is 24.4 Å². The van der Waals surface area contributed by atoms with Crippen LogP contribution in [0.5, 0.6) is 17.2 Å². The molecule has 2 aromatic carbocycles. The first kappa shape index (κ1) is 26.2. The number of ether oxygens (including phenoxy) is 3. The Morgan fingerprint density at radius 2 is 1.76 bits per heavy atom. The summed E-state index contributed by atoms with van der Waals surface area (Å²) in [7, 11) is 4.57. The van der Waals surface area contributed by atoms with Crippen molar-refractivity contribution in [2.45, 2.75) is 64.2 Å². The van der Waals surface area contributed by atoms with Gasteiger partial charge in [-0.15, -0.1) is 5.10 Å². The summed E-state index contributed by atoms with van der Waals surface area (Å²) in [4.78, 5) is 29.5. The zero-order valence-corrected chi connectivity index (χ0v) is 22.3. The number of carbonyl (C=O) groups excluding carboxylic acids is 2. The van der Waals surface area contributed by atoms with Crippen molar-refractivity contribution in [1.82, 2.24) is 25.2 Å². The maximum Gasteiger partial charge on any atom is 0.247 e. The van der Waals surface area contributed by atoms with Gasteiger partial charge in [0.2, 0.25) is 17.6 Å². The first-order valence-corrected chi connectivity index (χ1v) is 12.4. The molecule has 1 saturated carbocycles. The predicted octanol–water partition coefficient (Wildman–Crippen LogP) is 3.49. The monoisotopic (exact) mass is 509 g/mol. The van der Waals surface area contributed by atoms with Gasteiger partial charge in [-0.05, 0) is 62.9 Å². The number of methoxy groups -OCH3 is 3. The number of hydrogen-bond donors (Lipinski definition) is 1. The fourth-order valence-electron chi connectivity index (χ4n) is 4.34. The molecule has 1 atom stereocenters. The van der Waals surface area contributed by atoms with Crippen molar-refractivity contribution in [3.8, 4) is 17.2 Å². The van der Waals surface area contributed by atoms with Gasteiger partial charge in [-0.25, -0.2) is 4.68 Å². The van der Waals surface area contributed by atoms with Crippen LogP contribution in [0.1, 0.15) is 51.6 Å². The normalized spacial score (nSPS) is 14.2. The largest absolute Gasteiger partial charge is 0.493 e. The number of hydrogen-bond acceptors (Lipinski definition) is 7. The molecule has 198 valence electrons. The summed E-state index contributed by atoms with van der Waals surface area (Å²) < 4.78 is 18.2. The van der Waals surface area contributed by atoms with Gasteiger partial charge in [0, 0.05) is 11.6 Å². The van der Waals surface area contributed by atoms with Gasteiger partial charge in [0.05, 0.1) is 26.8 Å². The summed E-state index contributed by atoms with van der Waals surface area (Å²) in [5.74, 6) is 0.746. The van der Waals surface area contributed by atoms with Crippen LogP contribution in [0.15, 0.2) is 36.4 Å². The highest BCUT2D eigenvalue weighted by Crippen LogP contribution is 2.43. The zero-order valence-electron chi connectivity index (χ0n) is 22.3. The van der Waals surface area contributed by atoms with Crippen molar-refractivity contribution in [2.75, 3.05) is 21.3 Å². The Balaban J connectivity index is 1.78. The average molecular weight is 510 g/mol. The van der Waals surface area contributed by atoms with E-state index in [1.807, 2.05) is 45.0 Å². The third-order valence-corrected chi connectivity index (χ3v) is 6.81. The fraction of sp³-hybridized carbons (Fsp3) is 0.481. The molecule has 1 aliphatic rings. The van der Waals surface area contributed by atoms with E-state index in [1.165, 1.54) is 21.3 Å². The van der Waals surface area contributed by atoms with Crippen LogP contribution in [-0.2, 0) is 16.1 Å². The Labute approximate surface area is 216 Å². The molecule has 1 aliphatic carbocycles. The van der Waals surface area contributed by atoms with E-state index < -0.39 is 11.6 Å². The highest BCUT2D eigenvalue weighted by atomic mass is 16.5. The zero-order chi connectivity index (χ0) is 26.7. The number of nitrogens with zero attached hydrogens (tertiary/aromatic N) is 4. The molecule has 2 amide bonds. The van der Waals surface area contributed by atoms with E-state index in [9.17, 15) is 9.59 Å². The maximum atomic E-state index is 13.9. The molecule has 3 aromatic rings. The molecule has 37 heavy (non-hydrogen) atoms. The molecular weight excluding hydrogens is 474 g/mol. The van der Waals surface area contributed by atoms with Gasteiger partial charge in [0.15, 0.2) is 11.5 Å². The molecular formula is C27H35N5O5. The second kappa shape index (κ2) is 10.7. The third kappa shape index (κ3) is 5.47. The SMILES string of the molecule is CCC(C)(C)NC(=O)[C@H](c1cc(OC)c(OC)c(OC)c1)N(C(=O)Cn1nnc2ccccc21)C1CC1. The minimum Gasteiger partial charge on any atom is -0.493 e. The molecule has 1 N–H and O–H groups in total. The lowest BCUT2D eigenvalue weighted by Gasteiger charge is -2.35. The molecule has 10 heteroatoms. The van der Waals surface area contributed by atoms with E-state index in [-0.39, 0.29) is 24.4 Å². The Morgan fingerprint density at radius 3 is 2.32 bits per heavy atom. The van der Waals surface area contributed by atoms with E-state index >= 15 is 0 Å². The lowest BCUT2D eigenvalue weighted by atomic mass is 9.98. The number of rotatable bonds is 11. The molecule has 0 unspecified atom stereocenters. The van der Waals surface area contributed by atoms with Crippen LogP contribution in [0.3, 0.4) is 0 Å². The van der Waals surface area contributed by atoms with E-state index in [2.05, 4.69) is 15.6 Å². The molecule has 0 saturated heterocycles. The molecule has 0 radical (unpaired) electrons. The number of amides is 2. The highest BCUT2D eigenvalue weighted by Gasteiger charge is 2.43. The van der Waals surface area contributed by atoms with Crippen LogP contribution in [0.4, 0.5) is 0 Å². The highest BCUT2D eigenvalue weighted by molar-refractivity contribution is 5.90. The number of aromatic nitrogens is 3. The van der Waals surface area contributed by atoms with Crippen LogP contribution in [-0.4, -0.2) is 64.6 Å². The van der Waals surface area contributed by atoms with Crippen LogP contribution >= 0.6 is 0 Å². The van der Waals surface area contributed by atoms with E-state index in [4.69, 9.17) is 14.2 Å².